The first-order valence-electron chi connectivity index (χ1n) is 5.85. The van der Waals surface area contributed by atoms with Gasteiger partial charge in [0.1, 0.15) is 0 Å². The predicted octanol–water partition coefficient (Wildman–Crippen LogP) is 3.20. The van der Waals surface area contributed by atoms with Crippen LogP contribution < -0.4 is 5.32 Å². The van der Waals surface area contributed by atoms with Crippen molar-refractivity contribution in [3.8, 4) is 0 Å². The second kappa shape index (κ2) is 4.99. The lowest BCUT2D eigenvalue weighted by Crippen LogP contribution is -2.39. The molecule has 0 radical (unpaired) electrons. The minimum absolute atomic E-state index is 0.632. The first-order chi connectivity index (χ1) is 6.09. The molecule has 0 bridgehead atoms. The topological polar surface area (TPSA) is 12.0 Å². The normalized spacial score (nSPS) is 32.1. The van der Waals surface area contributed by atoms with Gasteiger partial charge in [-0.25, -0.2) is 0 Å². The van der Waals surface area contributed by atoms with E-state index in [0.717, 1.165) is 11.8 Å². The van der Waals surface area contributed by atoms with Gasteiger partial charge in [-0.2, -0.15) is 0 Å². The van der Waals surface area contributed by atoms with Crippen LogP contribution in [0.1, 0.15) is 53.4 Å². The maximum Gasteiger partial charge on any atom is 0.00694 e. The molecule has 0 spiro atoms. The highest BCUT2D eigenvalue weighted by Crippen LogP contribution is 2.30. The molecule has 1 N–H and O–H groups in total. The van der Waals surface area contributed by atoms with Gasteiger partial charge in [0.25, 0.3) is 0 Å². The van der Waals surface area contributed by atoms with Gasteiger partial charge in [-0.1, -0.05) is 33.6 Å². The number of nitrogens with one attached hydrogen (secondary N) is 1. The summed E-state index contributed by atoms with van der Waals surface area (Å²) in [5, 5.41) is 3.63. The molecule has 0 amide bonds. The molecule has 1 aliphatic carbocycles. The molecular weight excluding hydrogens is 158 g/mol. The summed E-state index contributed by atoms with van der Waals surface area (Å²) >= 11 is 0. The summed E-state index contributed by atoms with van der Waals surface area (Å²) in [4.78, 5) is 0. The highest BCUT2D eigenvalue weighted by molar-refractivity contribution is 4.79. The third-order valence-electron chi connectivity index (χ3n) is 3.28. The van der Waals surface area contributed by atoms with E-state index in [-0.39, 0.29) is 0 Å². The fourth-order valence-corrected chi connectivity index (χ4v) is 2.60. The highest BCUT2D eigenvalue weighted by Gasteiger charge is 2.23. The fourth-order valence-electron chi connectivity index (χ4n) is 2.60. The van der Waals surface area contributed by atoms with Crippen LogP contribution in [-0.4, -0.2) is 12.1 Å². The van der Waals surface area contributed by atoms with E-state index in [2.05, 4.69) is 33.0 Å². The summed E-state index contributed by atoms with van der Waals surface area (Å²) in [6.45, 7) is 9.22. The molecule has 3 atom stereocenters. The van der Waals surface area contributed by atoms with Gasteiger partial charge in [0.05, 0.1) is 0 Å². The molecule has 0 aromatic rings. The molecule has 1 saturated carbocycles. The molecule has 0 aromatic carbocycles. The van der Waals surface area contributed by atoms with Crippen molar-refractivity contribution in [2.24, 2.45) is 11.8 Å². The molecule has 1 aliphatic rings. The summed E-state index contributed by atoms with van der Waals surface area (Å²) < 4.78 is 0. The molecule has 1 nitrogen and oxygen atoms in total. The Morgan fingerprint density at radius 1 is 1.15 bits per heavy atom. The van der Waals surface area contributed by atoms with E-state index >= 15 is 0 Å². The SMILES string of the molecule is CC1CCCC(C(C)NC(C)C)C1. The molecule has 0 saturated heterocycles. The molecule has 0 aliphatic heterocycles. The fraction of sp³-hybridized carbons (Fsp3) is 1.00. The third-order valence-corrected chi connectivity index (χ3v) is 3.28. The van der Waals surface area contributed by atoms with Gasteiger partial charge >= 0.3 is 0 Å². The third kappa shape index (κ3) is 3.68. The van der Waals surface area contributed by atoms with Crippen molar-refractivity contribution in [2.75, 3.05) is 0 Å². The summed E-state index contributed by atoms with van der Waals surface area (Å²) in [5.74, 6) is 1.88. The van der Waals surface area contributed by atoms with Crippen LogP contribution >= 0.6 is 0 Å². The number of rotatable bonds is 3. The van der Waals surface area contributed by atoms with E-state index in [4.69, 9.17) is 0 Å². The summed E-state index contributed by atoms with van der Waals surface area (Å²) in [6, 6.07) is 1.34. The Morgan fingerprint density at radius 3 is 2.38 bits per heavy atom. The molecular formula is C12H25N. The van der Waals surface area contributed by atoms with E-state index < -0.39 is 0 Å². The average molecular weight is 183 g/mol. The zero-order valence-electron chi connectivity index (χ0n) is 9.64. The number of hydrogen-bond acceptors (Lipinski definition) is 1. The van der Waals surface area contributed by atoms with Crippen molar-refractivity contribution in [1.82, 2.24) is 5.32 Å². The Balaban J connectivity index is 2.32. The highest BCUT2D eigenvalue weighted by atomic mass is 14.9. The van der Waals surface area contributed by atoms with E-state index in [9.17, 15) is 0 Å². The largest absolute Gasteiger partial charge is 0.312 e. The lowest BCUT2D eigenvalue weighted by molar-refractivity contribution is 0.225. The monoisotopic (exact) mass is 183 g/mol. The molecule has 0 aromatic heterocycles. The Bertz CT molecular complexity index is 142. The quantitative estimate of drug-likeness (QED) is 0.708. The second-order valence-corrected chi connectivity index (χ2v) is 5.14. The second-order valence-electron chi connectivity index (χ2n) is 5.14. The van der Waals surface area contributed by atoms with Crippen LogP contribution in [0.2, 0.25) is 0 Å². The number of hydrogen-bond donors (Lipinski definition) is 1. The summed E-state index contributed by atoms with van der Waals surface area (Å²) in [5.41, 5.74) is 0. The zero-order valence-corrected chi connectivity index (χ0v) is 9.64. The molecule has 78 valence electrons. The molecule has 1 heteroatoms. The smallest absolute Gasteiger partial charge is 0.00694 e. The van der Waals surface area contributed by atoms with Crippen LogP contribution in [0.5, 0.6) is 0 Å². The molecule has 0 heterocycles. The van der Waals surface area contributed by atoms with Crippen molar-refractivity contribution in [2.45, 2.75) is 65.5 Å². The van der Waals surface area contributed by atoms with Crippen LogP contribution in [0.15, 0.2) is 0 Å². The van der Waals surface area contributed by atoms with Gasteiger partial charge in [0.2, 0.25) is 0 Å². The van der Waals surface area contributed by atoms with Crippen molar-refractivity contribution in [3.05, 3.63) is 0 Å². The molecule has 1 rings (SSSR count). The van der Waals surface area contributed by atoms with Crippen LogP contribution in [0.3, 0.4) is 0 Å². The van der Waals surface area contributed by atoms with E-state index in [1.54, 1.807) is 0 Å². The predicted molar refractivity (Wildman–Crippen MR) is 58.9 cm³/mol. The Kier molecular flexibility index (Phi) is 4.24. The first-order valence-corrected chi connectivity index (χ1v) is 5.85. The summed E-state index contributed by atoms with van der Waals surface area (Å²) in [6.07, 6.45) is 5.76. The lowest BCUT2D eigenvalue weighted by Gasteiger charge is -2.32. The van der Waals surface area contributed by atoms with Crippen molar-refractivity contribution >= 4 is 0 Å². The zero-order chi connectivity index (χ0) is 9.84. The maximum atomic E-state index is 3.63. The lowest BCUT2D eigenvalue weighted by atomic mass is 9.79. The van der Waals surface area contributed by atoms with E-state index in [1.165, 1.54) is 25.7 Å². The van der Waals surface area contributed by atoms with Crippen molar-refractivity contribution in [1.29, 1.82) is 0 Å². The van der Waals surface area contributed by atoms with Crippen molar-refractivity contribution < 1.29 is 0 Å². The van der Waals surface area contributed by atoms with Gasteiger partial charge in [0.15, 0.2) is 0 Å². The van der Waals surface area contributed by atoms with Crippen LogP contribution in [0, 0.1) is 11.8 Å². The van der Waals surface area contributed by atoms with Gasteiger partial charge in [-0.3, -0.25) is 0 Å². The van der Waals surface area contributed by atoms with Crippen LogP contribution in [-0.2, 0) is 0 Å². The van der Waals surface area contributed by atoms with Gasteiger partial charge < -0.3 is 5.32 Å². The minimum atomic E-state index is 0.632. The van der Waals surface area contributed by atoms with E-state index in [0.29, 0.717) is 12.1 Å². The summed E-state index contributed by atoms with van der Waals surface area (Å²) in [7, 11) is 0. The van der Waals surface area contributed by atoms with Crippen LogP contribution in [0.4, 0.5) is 0 Å². The standard InChI is InChI=1S/C12H25N/c1-9(2)13-11(4)12-7-5-6-10(3)8-12/h9-13H,5-8H2,1-4H3. The molecule has 3 unspecified atom stereocenters. The molecule has 1 fully saturated rings. The Hall–Kier alpha value is -0.0400. The van der Waals surface area contributed by atoms with Gasteiger partial charge in [-0.05, 0) is 31.6 Å². The minimum Gasteiger partial charge on any atom is -0.312 e. The maximum absolute atomic E-state index is 3.63. The van der Waals surface area contributed by atoms with E-state index in [1.807, 2.05) is 0 Å². The van der Waals surface area contributed by atoms with Gasteiger partial charge in [-0.15, -0.1) is 0 Å². The molecule has 13 heavy (non-hydrogen) atoms. The average Bonchev–Trinajstić information content (AvgIpc) is 2.03. The Labute approximate surface area is 83.3 Å². The van der Waals surface area contributed by atoms with Gasteiger partial charge in [0, 0.05) is 12.1 Å². The Morgan fingerprint density at radius 2 is 1.85 bits per heavy atom. The van der Waals surface area contributed by atoms with Crippen LogP contribution in [0.25, 0.3) is 0 Å². The first kappa shape index (κ1) is 11.0. The van der Waals surface area contributed by atoms with Crippen molar-refractivity contribution in [3.63, 3.8) is 0 Å².